The normalized spacial score (nSPS) is 14.5. The number of ether oxygens (including phenoxy) is 2. The second kappa shape index (κ2) is 6.84. The van der Waals surface area contributed by atoms with Crippen LogP contribution in [0, 0.1) is 0 Å². The summed E-state index contributed by atoms with van der Waals surface area (Å²) in [4.78, 5) is 14.7. The zero-order valence-electron chi connectivity index (χ0n) is 13.8. The van der Waals surface area contributed by atoms with Crippen LogP contribution >= 0.6 is 11.6 Å². The molecule has 1 amide bonds. The summed E-state index contributed by atoms with van der Waals surface area (Å²) < 4.78 is 10.6. The van der Waals surface area contributed by atoms with Gasteiger partial charge in [0.25, 0.3) is 5.91 Å². The van der Waals surface area contributed by atoms with E-state index >= 15 is 0 Å². The van der Waals surface area contributed by atoms with Gasteiger partial charge in [-0.25, -0.2) is 0 Å². The van der Waals surface area contributed by atoms with E-state index in [4.69, 9.17) is 21.1 Å². The van der Waals surface area contributed by atoms with Crippen molar-refractivity contribution in [2.45, 2.75) is 12.8 Å². The predicted octanol–water partition coefficient (Wildman–Crippen LogP) is 3.25. The van der Waals surface area contributed by atoms with Gasteiger partial charge in [0.15, 0.2) is 11.5 Å². The minimum Gasteiger partial charge on any atom is -0.454 e. The lowest BCUT2D eigenvalue weighted by molar-refractivity contribution is 0.0953. The number of nitrogens with zero attached hydrogens (tertiary/aromatic N) is 1. The quantitative estimate of drug-likeness (QED) is 0.834. The summed E-state index contributed by atoms with van der Waals surface area (Å²) in [5.74, 6) is 0.874. The molecule has 5 nitrogen and oxygen atoms in total. The Balaban J connectivity index is 1.29. The molecule has 6 heteroatoms. The summed E-state index contributed by atoms with van der Waals surface area (Å²) in [5, 5.41) is 3.34. The molecule has 2 aliphatic rings. The lowest BCUT2D eigenvalue weighted by Gasteiger charge is -2.19. The highest BCUT2D eigenvalue weighted by Gasteiger charge is 2.21. The maximum atomic E-state index is 12.3. The number of amides is 1. The van der Waals surface area contributed by atoms with Gasteiger partial charge in [0.2, 0.25) is 6.79 Å². The Morgan fingerprint density at radius 1 is 1.24 bits per heavy atom. The summed E-state index contributed by atoms with van der Waals surface area (Å²) in [6, 6.07) is 11.8. The lowest BCUT2D eigenvalue weighted by Crippen LogP contribution is -2.29. The fourth-order valence-corrected chi connectivity index (χ4v) is 3.58. The van der Waals surface area contributed by atoms with E-state index in [0.29, 0.717) is 28.6 Å². The van der Waals surface area contributed by atoms with E-state index < -0.39 is 0 Å². The molecule has 2 aromatic carbocycles. The van der Waals surface area contributed by atoms with E-state index in [-0.39, 0.29) is 12.7 Å². The average molecular weight is 359 g/mol. The standard InChI is InChI=1S/C19H19ClN2O3/c20-15-10-14(11-17-18(15)25-12-24-17)19(23)21-7-3-8-22-9-6-13-4-1-2-5-16(13)22/h1-2,4-5,10-11H,3,6-9,12H2,(H,21,23). The molecule has 2 aliphatic heterocycles. The molecule has 0 saturated heterocycles. The molecule has 1 N–H and O–H groups in total. The molecule has 25 heavy (non-hydrogen) atoms. The third-order valence-corrected chi connectivity index (χ3v) is 4.84. The highest BCUT2D eigenvalue weighted by molar-refractivity contribution is 6.32. The molecule has 130 valence electrons. The van der Waals surface area contributed by atoms with Gasteiger partial charge < -0.3 is 19.7 Å². The minimum atomic E-state index is -0.151. The molecule has 0 unspecified atom stereocenters. The zero-order chi connectivity index (χ0) is 17.2. The Morgan fingerprint density at radius 2 is 2.12 bits per heavy atom. The smallest absolute Gasteiger partial charge is 0.251 e. The molecule has 0 atom stereocenters. The van der Waals surface area contributed by atoms with E-state index in [1.165, 1.54) is 11.3 Å². The fourth-order valence-electron chi connectivity index (χ4n) is 3.31. The monoisotopic (exact) mass is 358 g/mol. The molecular weight excluding hydrogens is 340 g/mol. The summed E-state index contributed by atoms with van der Waals surface area (Å²) in [6.45, 7) is 2.73. The predicted molar refractivity (Wildman–Crippen MR) is 96.9 cm³/mol. The maximum Gasteiger partial charge on any atom is 0.251 e. The van der Waals surface area contributed by atoms with Crippen molar-refractivity contribution >= 4 is 23.2 Å². The highest BCUT2D eigenvalue weighted by atomic mass is 35.5. The first kappa shape index (κ1) is 16.1. The van der Waals surface area contributed by atoms with Gasteiger partial charge in [-0.15, -0.1) is 0 Å². The van der Waals surface area contributed by atoms with Crippen LogP contribution in [0.4, 0.5) is 5.69 Å². The van der Waals surface area contributed by atoms with E-state index in [9.17, 15) is 4.79 Å². The van der Waals surface area contributed by atoms with Gasteiger partial charge >= 0.3 is 0 Å². The first-order valence-electron chi connectivity index (χ1n) is 8.42. The number of para-hydroxylation sites is 1. The van der Waals surface area contributed by atoms with Crippen LogP contribution in [0.5, 0.6) is 11.5 Å². The van der Waals surface area contributed by atoms with Crippen LogP contribution in [0.15, 0.2) is 36.4 Å². The van der Waals surface area contributed by atoms with Crippen LogP contribution in [0.2, 0.25) is 5.02 Å². The van der Waals surface area contributed by atoms with Gasteiger partial charge in [0.1, 0.15) is 0 Å². The van der Waals surface area contributed by atoms with Crippen molar-refractivity contribution in [3.8, 4) is 11.5 Å². The molecule has 2 heterocycles. The number of hydrogen-bond donors (Lipinski definition) is 1. The van der Waals surface area contributed by atoms with Crippen molar-refractivity contribution in [1.29, 1.82) is 0 Å². The van der Waals surface area contributed by atoms with Crippen molar-refractivity contribution in [2.24, 2.45) is 0 Å². The number of hydrogen-bond acceptors (Lipinski definition) is 4. The molecule has 2 aromatic rings. The fraction of sp³-hybridized carbons (Fsp3) is 0.316. The summed E-state index contributed by atoms with van der Waals surface area (Å²) in [7, 11) is 0. The lowest BCUT2D eigenvalue weighted by atomic mass is 10.2. The number of rotatable bonds is 5. The number of carbonyl (C=O) groups is 1. The van der Waals surface area contributed by atoms with Gasteiger partial charge in [-0.1, -0.05) is 29.8 Å². The maximum absolute atomic E-state index is 12.3. The number of anilines is 1. The van der Waals surface area contributed by atoms with Crippen LogP contribution < -0.4 is 19.7 Å². The molecule has 0 bridgehead atoms. The second-order valence-electron chi connectivity index (χ2n) is 6.17. The highest BCUT2D eigenvalue weighted by Crippen LogP contribution is 2.39. The number of carbonyl (C=O) groups excluding carboxylic acids is 1. The van der Waals surface area contributed by atoms with E-state index in [2.05, 4.69) is 34.5 Å². The Kier molecular flexibility index (Phi) is 4.40. The van der Waals surface area contributed by atoms with Crippen molar-refractivity contribution in [3.05, 3.63) is 52.5 Å². The Labute approximate surface area is 151 Å². The number of nitrogens with one attached hydrogen (secondary N) is 1. The van der Waals surface area contributed by atoms with Gasteiger partial charge in [-0.3, -0.25) is 4.79 Å². The molecular formula is C19H19ClN2O3. The Morgan fingerprint density at radius 3 is 3.04 bits per heavy atom. The Bertz CT molecular complexity index is 809. The SMILES string of the molecule is O=C(NCCCN1CCc2ccccc21)c1cc(Cl)c2c(c1)OCO2. The van der Waals surface area contributed by atoms with Crippen molar-refractivity contribution < 1.29 is 14.3 Å². The van der Waals surface area contributed by atoms with Crippen LogP contribution in [0.25, 0.3) is 0 Å². The molecule has 4 rings (SSSR count). The van der Waals surface area contributed by atoms with Crippen molar-refractivity contribution in [1.82, 2.24) is 5.32 Å². The average Bonchev–Trinajstić information content (AvgIpc) is 3.25. The molecule has 0 fully saturated rings. The topological polar surface area (TPSA) is 50.8 Å². The first-order chi connectivity index (χ1) is 12.2. The van der Waals surface area contributed by atoms with Crippen LogP contribution in [0.1, 0.15) is 22.3 Å². The number of benzene rings is 2. The molecule has 0 saturated carbocycles. The largest absolute Gasteiger partial charge is 0.454 e. The van der Waals surface area contributed by atoms with Crippen LogP contribution in [0.3, 0.4) is 0 Å². The van der Waals surface area contributed by atoms with E-state index in [1.54, 1.807) is 12.1 Å². The van der Waals surface area contributed by atoms with Gasteiger partial charge in [0, 0.05) is 30.9 Å². The summed E-state index contributed by atoms with van der Waals surface area (Å²) in [6.07, 6.45) is 1.98. The number of fused-ring (bicyclic) bond motifs is 2. The third kappa shape index (κ3) is 3.24. The van der Waals surface area contributed by atoms with E-state index in [0.717, 1.165) is 25.9 Å². The summed E-state index contributed by atoms with van der Waals surface area (Å²) >= 11 is 6.12. The molecule has 0 radical (unpaired) electrons. The number of halogens is 1. The second-order valence-corrected chi connectivity index (χ2v) is 6.57. The van der Waals surface area contributed by atoms with Crippen molar-refractivity contribution in [3.63, 3.8) is 0 Å². The molecule has 0 aliphatic carbocycles. The third-order valence-electron chi connectivity index (χ3n) is 4.56. The minimum absolute atomic E-state index is 0.136. The molecule has 0 aromatic heterocycles. The summed E-state index contributed by atoms with van der Waals surface area (Å²) in [5.41, 5.74) is 3.21. The van der Waals surface area contributed by atoms with Crippen LogP contribution in [-0.2, 0) is 6.42 Å². The van der Waals surface area contributed by atoms with Gasteiger partial charge in [-0.2, -0.15) is 0 Å². The van der Waals surface area contributed by atoms with Crippen LogP contribution in [-0.4, -0.2) is 32.3 Å². The van der Waals surface area contributed by atoms with Crippen molar-refractivity contribution in [2.75, 3.05) is 31.3 Å². The zero-order valence-corrected chi connectivity index (χ0v) is 14.5. The van der Waals surface area contributed by atoms with Gasteiger partial charge in [-0.05, 0) is 36.6 Å². The van der Waals surface area contributed by atoms with Gasteiger partial charge in [0.05, 0.1) is 5.02 Å². The first-order valence-corrected chi connectivity index (χ1v) is 8.80. The van der Waals surface area contributed by atoms with E-state index in [1.807, 2.05) is 0 Å². The Hall–Kier alpha value is -2.40. The molecule has 0 spiro atoms.